The predicted octanol–water partition coefficient (Wildman–Crippen LogP) is 2.70. The van der Waals surface area contributed by atoms with Gasteiger partial charge in [-0.1, -0.05) is 24.3 Å². The van der Waals surface area contributed by atoms with E-state index < -0.39 is 5.97 Å². The van der Waals surface area contributed by atoms with Crippen LogP contribution in [0.15, 0.2) is 59.9 Å². The van der Waals surface area contributed by atoms with Crippen molar-refractivity contribution in [2.24, 2.45) is 0 Å². The zero-order valence-corrected chi connectivity index (χ0v) is 18.0. The SMILES string of the molecule is CCOC(=O)C(C#N)=C(NCC1CNCCO1)Nc1ccc(Cc2ccc(F)cc2)cc1. The summed E-state index contributed by atoms with van der Waals surface area (Å²) in [5, 5.41) is 19.1. The molecule has 32 heavy (non-hydrogen) atoms. The average molecular weight is 439 g/mol. The molecule has 0 amide bonds. The summed E-state index contributed by atoms with van der Waals surface area (Å²) in [5.41, 5.74) is 2.62. The molecule has 0 spiro atoms. The predicted molar refractivity (Wildman–Crippen MR) is 119 cm³/mol. The number of rotatable bonds is 9. The van der Waals surface area contributed by atoms with Gasteiger partial charge in [-0.15, -0.1) is 0 Å². The summed E-state index contributed by atoms with van der Waals surface area (Å²) >= 11 is 0. The number of hydrogen-bond donors (Lipinski definition) is 3. The zero-order chi connectivity index (χ0) is 22.8. The zero-order valence-electron chi connectivity index (χ0n) is 18.0. The fourth-order valence-corrected chi connectivity index (χ4v) is 3.26. The van der Waals surface area contributed by atoms with Gasteiger partial charge in [-0.05, 0) is 48.7 Å². The summed E-state index contributed by atoms with van der Waals surface area (Å²) in [4.78, 5) is 12.3. The molecule has 8 heteroatoms. The maximum absolute atomic E-state index is 13.1. The van der Waals surface area contributed by atoms with Crippen LogP contribution in [0.2, 0.25) is 0 Å². The van der Waals surface area contributed by atoms with Crippen molar-refractivity contribution in [3.8, 4) is 6.07 Å². The third kappa shape index (κ3) is 6.80. The Kier molecular flexibility index (Phi) is 8.61. The Balaban J connectivity index is 1.73. The van der Waals surface area contributed by atoms with Gasteiger partial charge in [-0.3, -0.25) is 0 Å². The lowest BCUT2D eigenvalue weighted by molar-refractivity contribution is -0.138. The van der Waals surface area contributed by atoms with Crippen LogP contribution in [-0.4, -0.2) is 44.9 Å². The molecule has 0 radical (unpaired) electrons. The molecule has 2 aromatic carbocycles. The number of benzene rings is 2. The summed E-state index contributed by atoms with van der Waals surface area (Å²) < 4.78 is 23.8. The van der Waals surface area contributed by atoms with Crippen LogP contribution < -0.4 is 16.0 Å². The number of nitriles is 1. The summed E-state index contributed by atoms with van der Waals surface area (Å²) in [7, 11) is 0. The normalized spacial score (nSPS) is 16.5. The van der Waals surface area contributed by atoms with Crippen LogP contribution in [0.1, 0.15) is 18.1 Å². The minimum Gasteiger partial charge on any atom is -0.462 e. The quantitative estimate of drug-likeness (QED) is 0.315. The van der Waals surface area contributed by atoms with Crippen LogP contribution in [-0.2, 0) is 20.7 Å². The van der Waals surface area contributed by atoms with E-state index in [1.807, 2.05) is 30.3 Å². The van der Waals surface area contributed by atoms with E-state index in [9.17, 15) is 14.4 Å². The lowest BCUT2D eigenvalue weighted by Gasteiger charge is -2.25. The lowest BCUT2D eigenvalue weighted by Crippen LogP contribution is -2.44. The maximum atomic E-state index is 13.1. The topological polar surface area (TPSA) is 95.4 Å². The second kappa shape index (κ2) is 11.8. The van der Waals surface area contributed by atoms with Gasteiger partial charge in [0.2, 0.25) is 0 Å². The smallest absolute Gasteiger partial charge is 0.352 e. The first-order chi connectivity index (χ1) is 15.6. The first-order valence-electron chi connectivity index (χ1n) is 10.6. The highest BCUT2D eigenvalue weighted by molar-refractivity contribution is 5.94. The van der Waals surface area contributed by atoms with Gasteiger partial charge in [0.25, 0.3) is 0 Å². The fourth-order valence-electron chi connectivity index (χ4n) is 3.26. The van der Waals surface area contributed by atoms with Crippen molar-refractivity contribution in [2.75, 3.05) is 38.2 Å². The number of morpholine rings is 1. The molecule has 1 unspecified atom stereocenters. The number of hydrogen-bond acceptors (Lipinski definition) is 7. The van der Waals surface area contributed by atoms with Crippen molar-refractivity contribution in [1.82, 2.24) is 10.6 Å². The first-order valence-corrected chi connectivity index (χ1v) is 10.6. The Labute approximate surface area is 187 Å². The number of carbonyl (C=O) groups excluding carboxylic acids is 1. The number of nitrogens with zero attached hydrogens (tertiary/aromatic N) is 1. The van der Waals surface area contributed by atoms with E-state index in [4.69, 9.17) is 9.47 Å². The van der Waals surface area contributed by atoms with Crippen molar-refractivity contribution in [3.63, 3.8) is 0 Å². The van der Waals surface area contributed by atoms with Crippen LogP contribution in [0, 0.1) is 17.1 Å². The molecular weight excluding hydrogens is 411 g/mol. The van der Waals surface area contributed by atoms with Gasteiger partial charge >= 0.3 is 5.97 Å². The average Bonchev–Trinajstić information content (AvgIpc) is 2.81. The van der Waals surface area contributed by atoms with E-state index in [-0.39, 0.29) is 29.9 Å². The number of carbonyl (C=O) groups is 1. The van der Waals surface area contributed by atoms with Crippen molar-refractivity contribution in [3.05, 3.63) is 76.9 Å². The molecule has 1 fully saturated rings. The summed E-state index contributed by atoms with van der Waals surface area (Å²) in [6, 6.07) is 15.9. The van der Waals surface area contributed by atoms with Crippen LogP contribution in [0.5, 0.6) is 0 Å². The molecule has 3 rings (SSSR count). The van der Waals surface area contributed by atoms with Gasteiger partial charge in [0.05, 0.1) is 19.3 Å². The van der Waals surface area contributed by atoms with Gasteiger partial charge in [0.15, 0.2) is 5.57 Å². The Hall–Kier alpha value is -3.41. The number of ether oxygens (including phenoxy) is 2. The molecule has 1 heterocycles. The number of anilines is 1. The molecule has 0 bridgehead atoms. The standard InChI is InChI=1S/C24H27FN4O3/c1-2-31-24(30)22(14-26)23(28-16-21-15-27-11-12-32-21)29-20-9-5-18(6-10-20)13-17-3-7-19(25)8-4-17/h3-10,21,27-29H,2,11-13,15-16H2,1H3. The van der Waals surface area contributed by atoms with Crippen LogP contribution in [0.25, 0.3) is 0 Å². The first kappa shape index (κ1) is 23.3. The van der Waals surface area contributed by atoms with Crippen LogP contribution in [0.4, 0.5) is 10.1 Å². The Morgan fingerprint density at radius 1 is 1.22 bits per heavy atom. The molecular formula is C24H27FN4O3. The summed E-state index contributed by atoms with van der Waals surface area (Å²) in [6.07, 6.45) is 0.584. The van der Waals surface area contributed by atoms with Crippen molar-refractivity contribution < 1.29 is 18.7 Å². The van der Waals surface area contributed by atoms with E-state index in [1.165, 1.54) is 12.1 Å². The molecule has 0 saturated carbocycles. The largest absolute Gasteiger partial charge is 0.462 e. The van der Waals surface area contributed by atoms with E-state index in [1.54, 1.807) is 19.1 Å². The van der Waals surface area contributed by atoms with Gasteiger partial charge in [-0.25, -0.2) is 9.18 Å². The highest BCUT2D eigenvalue weighted by Crippen LogP contribution is 2.17. The number of halogens is 1. The Morgan fingerprint density at radius 3 is 2.50 bits per heavy atom. The molecule has 168 valence electrons. The van der Waals surface area contributed by atoms with E-state index in [2.05, 4.69) is 16.0 Å². The Bertz CT molecular complexity index is 962. The van der Waals surface area contributed by atoms with E-state index in [0.29, 0.717) is 31.8 Å². The maximum Gasteiger partial charge on any atom is 0.352 e. The molecule has 1 aliphatic heterocycles. The highest BCUT2D eigenvalue weighted by atomic mass is 19.1. The molecule has 2 aromatic rings. The molecule has 1 atom stereocenters. The molecule has 1 aliphatic rings. The molecule has 1 saturated heterocycles. The van der Waals surface area contributed by atoms with Crippen molar-refractivity contribution in [1.29, 1.82) is 5.26 Å². The molecule has 0 aliphatic carbocycles. The van der Waals surface area contributed by atoms with Crippen LogP contribution >= 0.6 is 0 Å². The minimum absolute atomic E-state index is 0.0826. The second-order valence-corrected chi connectivity index (χ2v) is 7.29. The van der Waals surface area contributed by atoms with Gasteiger partial charge < -0.3 is 25.4 Å². The monoisotopic (exact) mass is 438 g/mol. The van der Waals surface area contributed by atoms with Crippen molar-refractivity contribution >= 4 is 11.7 Å². The summed E-state index contributed by atoms with van der Waals surface area (Å²) in [6.45, 7) is 4.37. The Morgan fingerprint density at radius 2 is 1.91 bits per heavy atom. The molecule has 0 aromatic heterocycles. The van der Waals surface area contributed by atoms with E-state index in [0.717, 1.165) is 17.7 Å². The van der Waals surface area contributed by atoms with Gasteiger partial charge in [-0.2, -0.15) is 5.26 Å². The second-order valence-electron chi connectivity index (χ2n) is 7.29. The molecule has 7 nitrogen and oxygen atoms in total. The lowest BCUT2D eigenvalue weighted by atomic mass is 10.0. The highest BCUT2D eigenvalue weighted by Gasteiger charge is 2.20. The van der Waals surface area contributed by atoms with Crippen molar-refractivity contribution in [2.45, 2.75) is 19.4 Å². The molecule has 3 N–H and O–H groups in total. The summed E-state index contributed by atoms with van der Waals surface area (Å²) in [5.74, 6) is -0.684. The van der Waals surface area contributed by atoms with Gasteiger partial charge in [0, 0.05) is 25.3 Å². The number of esters is 1. The third-order valence-electron chi connectivity index (χ3n) is 4.90. The van der Waals surface area contributed by atoms with Gasteiger partial charge in [0.1, 0.15) is 17.7 Å². The van der Waals surface area contributed by atoms with Crippen LogP contribution in [0.3, 0.4) is 0 Å². The number of nitrogens with one attached hydrogen (secondary N) is 3. The third-order valence-corrected chi connectivity index (χ3v) is 4.90. The minimum atomic E-state index is -0.694. The fraction of sp³-hybridized carbons (Fsp3) is 0.333. The van der Waals surface area contributed by atoms with E-state index >= 15 is 0 Å².